The minimum Gasteiger partial charge on any atom is -0.392 e. The minimum atomic E-state index is -4.37. The number of amides is 1. The van der Waals surface area contributed by atoms with Gasteiger partial charge < -0.3 is 20.3 Å². The average Bonchev–Trinajstić information content (AvgIpc) is 3.24. The number of alkyl halides is 3. The first-order valence-corrected chi connectivity index (χ1v) is 12.4. The number of rotatable bonds is 9. The summed E-state index contributed by atoms with van der Waals surface area (Å²) in [6, 6.07) is 7.21. The number of piperidine rings is 1. The standard InChI is InChI=1S/C26H33F3N6O2/c1-17(2)35(13-18-3-5-20(6-4-18)26(27,28)29)25-21-9-12-34(24(21)31-16-32-25)11-8-19-7-10-33(14-22(19)36)15-23(30)37/h3-6,9,12,16-17,19,22,36H,7-8,10-11,13-15H2,1-2H3,(H2,30,37)/t19-,22+/m0/s1. The predicted molar refractivity (Wildman–Crippen MR) is 135 cm³/mol. The third-order valence-electron chi connectivity index (χ3n) is 6.99. The van der Waals surface area contributed by atoms with Gasteiger partial charge in [0.1, 0.15) is 17.8 Å². The molecule has 0 saturated carbocycles. The number of halogens is 3. The molecule has 1 aliphatic heterocycles. The van der Waals surface area contributed by atoms with Gasteiger partial charge in [-0.3, -0.25) is 9.69 Å². The van der Waals surface area contributed by atoms with Gasteiger partial charge in [-0.25, -0.2) is 9.97 Å². The van der Waals surface area contributed by atoms with Gasteiger partial charge in [0.05, 0.1) is 23.6 Å². The van der Waals surface area contributed by atoms with Crippen LogP contribution in [0.25, 0.3) is 11.0 Å². The number of benzene rings is 1. The number of primary amides is 1. The molecule has 11 heteroatoms. The smallest absolute Gasteiger partial charge is 0.392 e. The largest absolute Gasteiger partial charge is 0.416 e. The van der Waals surface area contributed by atoms with Crippen molar-refractivity contribution in [3.8, 4) is 0 Å². The first kappa shape index (κ1) is 26.9. The second-order valence-corrected chi connectivity index (χ2v) is 9.97. The van der Waals surface area contributed by atoms with Crippen LogP contribution in [-0.4, -0.2) is 62.2 Å². The second kappa shape index (κ2) is 11.1. The number of aromatic nitrogens is 3. The number of hydrogen-bond acceptors (Lipinski definition) is 6. The van der Waals surface area contributed by atoms with Crippen molar-refractivity contribution in [1.82, 2.24) is 19.4 Å². The monoisotopic (exact) mass is 518 g/mol. The highest BCUT2D eigenvalue weighted by Gasteiger charge is 2.30. The van der Waals surface area contributed by atoms with Crippen molar-refractivity contribution in [3.05, 3.63) is 54.0 Å². The fourth-order valence-electron chi connectivity index (χ4n) is 4.95. The van der Waals surface area contributed by atoms with Gasteiger partial charge in [0.2, 0.25) is 5.91 Å². The SMILES string of the molecule is CC(C)N(Cc1ccc(C(F)(F)F)cc1)c1ncnc2c1ccn2CC[C@@H]1CCN(CC(N)=O)C[C@H]1O. The van der Waals surface area contributed by atoms with Crippen molar-refractivity contribution in [2.45, 2.75) is 58.1 Å². The summed E-state index contributed by atoms with van der Waals surface area (Å²) in [4.78, 5) is 24.1. The molecule has 0 aliphatic carbocycles. The number of nitrogens with two attached hydrogens (primary N) is 1. The molecule has 0 bridgehead atoms. The van der Waals surface area contributed by atoms with E-state index in [2.05, 4.69) is 14.9 Å². The van der Waals surface area contributed by atoms with Crippen LogP contribution >= 0.6 is 0 Å². The molecule has 8 nitrogen and oxygen atoms in total. The maximum absolute atomic E-state index is 13.0. The maximum atomic E-state index is 13.0. The highest BCUT2D eigenvalue weighted by atomic mass is 19.4. The molecular formula is C26H33F3N6O2. The van der Waals surface area contributed by atoms with Crippen molar-refractivity contribution in [2.24, 2.45) is 11.7 Å². The van der Waals surface area contributed by atoms with E-state index in [0.717, 1.165) is 53.9 Å². The van der Waals surface area contributed by atoms with Crippen LogP contribution in [0, 0.1) is 5.92 Å². The Morgan fingerprint density at radius 1 is 1.22 bits per heavy atom. The van der Waals surface area contributed by atoms with E-state index in [9.17, 15) is 23.1 Å². The molecule has 3 aromatic rings. The number of carbonyl (C=O) groups excluding carboxylic acids is 1. The number of aliphatic hydroxyl groups excluding tert-OH is 1. The summed E-state index contributed by atoms with van der Waals surface area (Å²) in [6.45, 7) is 6.41. The number of likely N-dealkylation sites (tertiary alicyclic amines) is 1. The van der Waals surface area contributed by atoms with Crippen molar-refractivity contribution in [1.29, 1.82) is 0 Å². The lowest BCUT2D eigenvalue weighted by molar-refractivity contribution is -0.137. The Bertz CT molecular complexity index is 1210. The summed E-state index contributed by atoms with van der Waals surface area (Å²) in [7, 11) is 0. The number of β-amino-alcohol motifs (C(OH)–C–C–N with tert-alkyl or cyclic N) is 1. The van der Waals surface area contributed by atoms with Gasteiger partial charge in [-0.1, -0.05) is 12.1 Å². The molecule has 2 atom stereocenters. The summed E-state index contributed by atoms with van der Waals surface area (Å²) in [5, 5.41) is 11.4. The summed E-state index contributed by atoms with van der Waals surface area (Å²) >= 11 is 0. The Hall–Kier alpha value is -3.18. The number of fused-ring (bicyclic) bond motifs is 1. The van der Waals surface area contributed by atoms with E-state index in [1.54, 1.807) is 0 Å². The summed E-state index contributed by atoms with van der Waals surface area (Å²) < 4.78 is 40.9. The van der Waals surface area contributed by atoms with Crippen LogP contribution < -0.4 is 10.6 Å². The van der Waals surface area contributed by atoms with Crippen LogP contribution in [0.4, 0.5) is 19.0 Å². The molecule has 0 radical (unpaired) electrons. The number of hydrogen-bond donors (Lipinski definition) is 2. The molecule has 3 N–H and O–H groups in total. The molecule has 2 aromatic heterocycles. The number of nitrogens with zero attached hydrogens (tertiary/aromatic N) is 5. The van der Waals surface area contributed by atoms with E-state index >= 15 is 0 Å². The van der Waals surface area contributed by atoms with Crippen LogP contribution in [0.1, 0.15) is 37.8 Å². The van der Waals surface area contributed by atoms with Crippen LogP contribution in [-0.2, 0) is 24.1 Å². The van der Waals surface area contributed by atoms with Crippen LogP contribution in [0.3, 0.4) is 0 Å². The Morgan fingerprint density at radius 2 is 1.95 bits per heavy atom. The fourth-order valence-corrected chi connectivity index (χ4v) is 4.95. The zero-order valence-corrected chi connectivity index (χ0v) is 21.0. The predicted octanol–water partition coefficient (Wildman–Crippen LogP) is 3.42. The van der Waals surface area contributed by atoms with Gasteiger partial charge in [0, 0.05) is 31.9 Å². The van der Waals surface area contributed by atoms with Crippen molar-refractivity contribution in [3.63, 3.8) is 0 Å². The fraction of sp³-hybridized carbons (Fsp3) is 0.500. The lowest BCUT2D eigenvalue weighted by Crippen LogP contribution is -2.47. The number of anilines is 1. The van der Waals surface area contributed by atoms with E-state index < -0.39 is 23.8 Å². The third kappa shape index (κ3) is 6.40. The van der Waals surface area contributed by atoms with E-state index in [1.165, 1.54) is 18.5 Å². The third-order valence-corrected chi connectivity index (χ3v) is 6.99. The van der Waals surface area contributed by atoms with Gasteiger partial charge in [0.25, 0.3) is 0 Å². The van der Waals surface area contributed by atoms with Crippen molar-refractivity contribution in [2.75, 3.05) is 24.5 Å². The Kier molecular flexibility index (Phi) is 8.03. The van der Waals surface area contributed by atoms with Gasteiger partial charge >= 0.3 is 6.18 Å². The van der Waals surface area contributed by atoms with Crippen LogP contribution in [0.5, 0.6) is 0 Å². The molecule has 200 valence electrons. The zero-order valence-electron chi connectivity index (χ0n) is 21.0. The van der Waals surface area contributed by atoms with Gasteiger partial charge in [-0.05, 0) is 62.9 Å². The van der Waals surface area contributed by atoms with Crippen LogP contribution in [0.2, 0.25) is 0 Å². The second-order valence-electron chi connectivity index (χ2n) is 9.97. The molecule has 3 heterocycles. The van der Waals surface area contributed by atoms with E-state index in [1.807, 2.05) is 35.6 Å². The number of aryl methyl sites for hydroxylation is 1. The first-order chi connectivity index (χ1) is 17.5. The highest BCUT2D eigenvalue weighted by molar-refractivity contribution is 5.88. The summed E-state index contributed by atoms with van der Waals surface area (Å²) in [5.74, 6) is 0.432. The van der Waals surface area contributed by atoms with Crippen molar-refractivity contribution < 1.29 is 23.1 Å². The van der Waals surface area contributed by atoms with E-state index in [0.29, 0.717) is 19.6 Å². The molecule has 4 rings (SSSR count). The molecule has 1 saturated heterocycles. The Balaban J connectivity index is 1.48. The lowest BCUT2D eigenvalue weighted by atomic mass is 9.91. The van der Waals surface area contributed by atoms with Crippen molar-refractivity contribution >= 4 is 22.8 Å². The Morgan fingerprint density at radius 3 is 2.57 bits per heavy atom. The summed E-state index contributed by atoms with van der Waals surface area (Å²) in [6.07, 6.45) is 0.104. The highest BCUT2D eigenvalue weighted by Crippen LogP contribution is 2.31. The first-order valence-electron chi connectivity index (χ1n) is 12.4. The number of aliphatic hydroxyl groups is 1. The van der Waals surface area contributed by atoms with E-state index in [-0.39, 0.29) is 18.5 Å². The average molecular weight is 519 g/mol. The Labute approximate surface area is 213 Å². The zero-order chi connectivity index (χ0) is 26.7. The molecule has 1 aromatic carbocycles. The molecule has 37 heavy (non-hydrogen) atoms. The lowest BCUT2D eigenvalue weighted by Gasteiger charge is -2.35. The van der Waals surface area contributed by atoms with E-state index in [4.69, 9.17) is 5.73 Å². The molecule has 0 spiro atoms. The van der Waals surface area contributed by atoms with Crippen LogP contribution in [0.15, 0.2) is 42.9 Å². The normalized spacial score (nSPS) is 19.0. The molecule has 1 aliphatic rings. The van der Waals surface area contributed by atoms with Gasteiger partial charge in [0.15, 0.2) is 0 Å². The molecule has 0 unspecified atom stereocenters. The molecule has 1 fully saturated rings. The topological polar surface area (TPSA) is 101 Å². The van der Waals surface area contributed by atoms with Gasteiger partial charge in [-0.15, -0.1) is 0 Å². The maximum Gasteiger partial charge on any atom is 0.416 e. The summed E-state index contributed by atoms with van der Waals surface area (Å²) in [5.41, 5.74) is 6.13. The quantitative estimate of drug-likeness (QED) is 0.450. The molecule has 1 amide bonds. The minimum absolute atomic E-state index is 0.0458. The van der Waals surface area contributed by atoms with Gasteiger partial charge in [-0.2, -0.15) is 13.2 Å². The number of carbonyl (C=O) groups is 1. The molecular weight excluding hydrogens is 485 g/mol.